The highest BCUT2D eigenvalue weighted by molar-refractivity contribution is 7.89. The molecule has 1 saturated heterocycles. The van der Waals surface area contributed by atoms with Crippen molar-refractivity contribution >= 4 is 10.0 Å². The molecule has 3 rings (SSSR count). The van der Waals surface area contributed by atoms with Crippen LogP contribution in [0.1, 0.15) is 37.5 Å². The molecule has 2 aliphatic rings. The molecule has 2 fully saturated rings. The van der Waals surface area contributed by atoms with Crippen LogP contribution >= 0.6 is 0 Å². The van der Waals surface area contributed by atoms with Gasteiger partial charge in [0.15, 0.2) is 0 Å². The maximum Gasteiger partial charge on any atom is 0.217 e. The molecule has 1 aromatic heterocycles. The Morgan fingerprint density at radius 1 is 1.25 bits per heavy atom. The van der Waals surface area contributed by atoms with Crippen LogP contribution in [0.15, 0.2) is 18.6 Å². The third-order valence-electron chi connectivity index (χ3n) is 4.03. The van der Waals surface area contributed by atoms with E-state index in [1.807, 2.05) is 0 Å². The van der Waals surface area contributed by atoms with Crippen LogP contribution in [-0.4, -0.2) is 47.6 Å². The van der Waals surface area contributed by atoms with E-state index in [9.17, 15) is 8.42 Å². The fourth-order valence-electron chi connectivity index (χ4n) is 2.91. The van der Waals surface area contributed by atoms with Crippen LogP contribution in [0.3, 0.4) is 0 Å². The van der Waals surface area contributed by atoms with E-state index in [0.29, 0.717) is 25.4 Å². The topological polar surface area (TPSA) is 72.4 Å². The maximum absolute atomic E-state index is 12.6. The van der Waals surface area contributed by atoms with E-state index >= 15 is 0 Å². The summed E-state index contributed by atoms with van der Waals surface area (Å²) in [5, 5.41) is -0.205. The molecule has 0 radical (unpaired) electrons. The lowest BCUT2D eigenvalue weighted by atomic mass is 10.2. The van der Waals surface area contributed by atoms with Crippen LogP contribution in [0.5, 0.6) is 0 Å². The Kier molecular flexibility index (Phi) is 4.00. The van der Waals surface area contributed by atoms with E-state index in [1.54, 1.807) is 22.9 Å². The van der Waals surface area contributed by atoms with Gasteiger partial charge >= 0.3 is 0 Å². The van der Waals surface area contributed by atoms with Gasteiger partial charge in [0.25, 0.3) is 0 Å². The van der Waals surface area contributed by atoms with Crippen molar-refractivity contribution in [1.82, 2.24) is 14.3 Å². The minimum Gasteiger partial charge on any atom is -0.369 e. The highest BCUT2D eigenvalue weighted by Gasteiger charge is 2.37. The van der Waals surface area contributed by atoms with Gasteiger partial charge in [-0.3, -0.25) is 9.97 Å². The molecule has 0 amide bonds. The predicted molar refractivity (Wildman–Crippen MR) is 73.5 cm³/mol. The molecule has 6 nitrogen and oxygen atoms in total. The van der Waals surface area contributed by atoms with Crippen molar-refractivity contribution in [3.8, 4) is 0 Å². The largest absolute Gasteiger partial charge is 0.369 e. The highest BCUT2D eigenvalue weighted by atomic mass is 32.2. The molecular weight excluding hydrogens is 278 g/mol. The van der Waals surface area contributed by atoms with Crippen molar-refractivity contribution in [3.63, 3.8) is 0 Å². The molecule has 0 unspecified atom stereocenters. The summed E-state index contributed by atoms with van der Waals surface area (Å²) < 4.78 is 32.4. The number of hydrogen-bond acceptors (Lipinski definition) is 5. The van der Waals surface area contributed by atoms with Gasteiger partial charge in [-0.25, -0.2) is 8.42 Å². The second-order valence-electron chi connectivity index (χ2n) is 5.30. The Hall–Kier alpha value is -1.05. The van der Waals surface area contributed by atoms with Crippen molar-refractivity contribution in [2.45, 2.75) is 37.0 Å². The first-order valence-electron chi connectivity index (χ1n) is 7.04. The number of aromatic nitrogens is 2. The third-order valence-corrected chi connectivity index (χ3v) is 6.39. The minimum atomic E-state index is -3.20. The number of rotatable bonds is 3. The molecule has 0 aromatic carbocycles. The Balaban J connectivity index is 1.75. The standard InChI is InChI=1S/C13H19N3O3S/c17-20(18,11-3-1-2-4-11)16-7-8-19-13(10-16)12-9-14-5-6-15-12/h5-6,9,11,13H,1-4,7-8,10H2/t13-/m1/s1. The molecular formula is C13H19N3O3S. The summed E-state index contributed by atoms with van der Waals surface area (Å²) in [5.41, 5.74) is 0.693. The van der Waals surface area contributed by atoms with E-state index in [4.69, 9.17) is 4.74 Å². The number of morpholine rings is 1. The molecule has 1 aromatic rings. The van der Waals surface area contributed by atoms with Gasteiger partial charge in [0.2, 0.25) is 10.0 Å². The molecule has 0 spiro atoms. The molecule has 2 heterocycles. The summed E-state index contributed by atoms with van der Waals surface area (Å²) in [6, 6.07) is 0. The molecule has 1 atom stereocenters. The van der Waals surface area contributed by atoms with Crippen molar-refractivity contribution in [2.75, 3.05) is 19.7 Å². The second-order valence-corrected chi connectivity index (χ2v) is 7.51. The summed E-state index contributed by atoms with van der Waals surface area (Å²) in [4.78, 5) is 8.22. The van der Waals surface area contributed by atoms with Crippen LogP contribution in [0.4, 0.5) is 0 Å². The van der Waals surface area contributed by atoms with E-state index < -0.39 is 10.0 Å². The zero-order valence-electron chi connectivity index (χ0n) is 11.3. The first-order chi connectivity index (χ1) is 9.68. The number of sulfonamides is 1. The Morgan fingerprint density at radius 3 is 2.75 bits per heavy atom. The summed E-state index contributed by atoms with van der Waals surface area (Å²) in [6.45, 7) is 1.19. The van der Waals surface area contributed by atoms with Gasteiger partial charge in [0, 0.05) is 25.5 Å². The minimum absolute atomic E-state index is 0.205. The second kappa shape index (κ2) is 5.75. The monoisotopic (exact) mass is 297 g/mol. The zero-order valence-corrected chi connectivity index (χ0v) is 12.1. The Morgan fingerprint density at radius 2 is 2.05 bits per heavy atom. The maximum atomic E-state index is 12.6. The van der Waals surface area contributed by atoms with Gasteiger partial charge in [-0.1, -0.05) is 12.8 Å². The van der Waals surface area contributed by atoms with Gasteiger partial charge in [0.1, 0.15) is 6.10 Å². The first-order valence-corrected chi connectivity index (χ1v) is 8.55. The van der Waals surface area contributed by atoms with Gasteiger partial charge in [-0.05, 0) is 12.8 Å². The van der Waals surface area contributed by atoms with Crippen LogP contribution in [0, 0.1) is 0 Å². The predicted octanol–water partition coefficient (Wildman–Crippen LogP) is 1.12. The Bertz CT molecular complexity index is 543. The van der Waals surface area contributed by atoms with Crippen molar-refractivity contribution in [2.24, 2.45) is 0 Å². The molecule has 1 saturated carbocycles. The quantitative estimate of drug-likeness (QED) is 0.836. The smallest absolute Gasteiger partial charge is 0.217 e. The van der Waals surface area contributed by atoms with Gasteiger partial charge in [0.05, 0.1) is 23.7 Å². The number of nitrogens with zero attached hydrogens (tertiary/aromatic N) is 3. The molecule has 1 aliphatic heterocycles. The van der Waals surface area contributed by atoms with E-state index in [-0.39, 0.29) is 11.4 Å². The molecule has 20 heavy (non-hydrogen) atoms. The fourth-order valence-corrected chi connectivity index (χ4v) is 4.93. The van der Waals surface area contributed by atoms with Crippen LogP contribution in [0.25, 0.3) is 0 Å². The van der Waals surface area contributed by atoms with Crippen molar-refractivity contribution < 1.29 is 13.2 Å². The number of ether oxygens (including phenoxy) is 1. The van der Waals surface area contributed by atoms with Crippen molar-refractivity contribution in [1.29, 1.82) is 0 Å². The van der Waals surface area contributed by atoms with Crippen molar-refractivity contribution in [3.05, 3.63) is 24.3 Å². The van der Waals surface area contributed by atoms with Gasteiger partial charge in [-0.2, -0.15) is 4.31 Å². The highest BCUT2D eigenvalue weighted by Crippen LogP contribution is 2.30. The lowest BCUT2D eigenvalue weighted by molar-refractivity contribution is -0.00541. The average molecular weight is 297 g/mol. The lowest BCUT2D eigenvalue weighted by Gasteiger charge is -2.33. The normalized spacial score (nSPS) is 25.9. The number of hydrogen-bond donors (Lipinski definition) is 0. The van der Waals surface area contributed by atoms with Gasteiger partial charge in [-0.15, -0.1) is 0 Å². The lowest BCUT2D eigenvalue weighted by Crippen LogP contribution is -2.45. The SMILES string of the molecule is O=S(=O)(C1CCCC1)N1CCO[C@@H](c2cnccn2)C1. The van der Waals surface area contributed by atoms with E-state index in [2.05, 4.69) is 9.97 Å². The first kappa shape index (κ1) is 13.9. The Labute approximate surface area is 119 Å². The molecule has 0 N–H and O–H groups in total. The van der Waals surface area contributed by atoms with Crippen LogP contribution in [0.2, 0.25) is 0 Å². The fraction of sp³-hybridized carbons (Fsp3) is 0.692. The van der Waals surface area contributed by atoms with Crippen LogP contribution in [-0.2, 0) is 14.8 Å². The zero-order chi connectivity index (χ0) is 14.0. The summed E-state index contributed by atoms with van der Waals surface area (Å²) >= 11 is 0. The molecule has 1 aliphatic carbocycles. The summed E-state index contributed by atoms with van der Waals surface area (Å²) in [7, 11) is -3.20. The van der Waals surface area contributed by atoms with Crippen LogP contribution < -0.4 is 0 Å². The molecule has 110 valence electrons. The summed E-state index contributed by atoms with van der Waals surface area (Å²) in [5.74, 6) is 0. The average Bonchev–Trinajstić information content (AvgIpc) is 3.03. The molecule has 7 heteroatoms. The van der Waals surface area contributed by atoms with E-state index in [0.717, 1.165) is 25.7 Å². The third kappa shape index (κ3) is 2.70. The molecule has 0 bridgehead atoms. The summed E-state index contributed by atoms with van der Waals surface area (Å²) in [6.07, 6.45) is 8.13. The van der Waals surface area contributed by atoms with Gasteiger partial charge < -0.3 is 4.74 Å². The van der Waals surface area contributed by atoms with E-state index in [1.165, 1.54) is 0 Å².